The van der Waals surface area contributed by atoms with E-state index in [1.807, 2.05) is 32.9 Å². The van der Waals surface area contributed by atoms with Crippen molar-refractivity contribution in [2.45, 2.75) is 45.6 Å². The van der Waals surface area contributed by atoms with Crippen molar-refractivity contribution in [1.29, 1.82) is 0 Å². The summed E-state index contributed by atoms with van der Waals surface area (Å²) in [5.74, 6) is -0.804. The van der Waals surface area contributed by atoms with Gasteiger partial charge in [-0.3, -0.25) is 4.79 Å². The molecule has 4 rings (SSSR count). The zero-order valence-electron chi connectivity index (χ0n) is 18.9. The van der Waals surface area contributed by atoms with Crippen molar-refractivity contribution < 1.29 is 18.7 Å². The van der Waals surface area contributed by atoms with Gasteiger partial charge in [0, 0.05) is 23.4 Å². The van der Waals surface area contributed by atoms with Crippen LogP contribution in [-0.2, 0) is 11.2 Å². The van der Waals surface area contributed by atoms with Crippen molar-refractivity contribution in [2.75, 3.05) is 13.1 Å². The van der Waals surface area contributed by atoms with Gasteiger partial charge in [0.15, 0.2) is 5.69 Å². The summed E-state index contributed by atoms with van der Waals surface area (Å²) in [5.41, 5.74) is 6.56. The van der Waals surface area contributed by atoms with Gasteiger partial charge in [0.05, 0.1) is 10.4 Å². The van der Waals surface area contributed by atoms with Gasteiger partial charge in [-0.15, -0.1) is 16.4 Å². The molecule has 0 saturated carbocycles. The fraction of sp³-hybridized carbons (Fsp3) is 0.417. The average Bonchev–Trinajstić information content (AvgIpc) is 3.18. The fourth-order valence-corrected chi connectivity index (χ4v) is 5.25. The predicted molar refractivity (Wildman–Crippen MR) is 126 cm³/mol. The van der Waals surface area contributed by atoms with Crippen molar-refractivity contribution in [2.24, 2.45) is 11.7 Å². The standard InChI is InChI=1S/C24H27FN4O3S/c1-24(2,3)32-23(31)29-9-5-6-14(13-29)10-18-17-12-19(15-7-4-8-16(25)11-15)33-21(17)20(22(26)30)28-27-18/h4,7-8,11-12,14H,5-6,9-10,13H2,1-3H3,(H2,26,30). The number of carbonyl (C=O) groups is 2. The minimum Gasteiger partial charge on any atom is -0.444 e. The first-order chi connectivity index (χ1) is 15.6. The second kappa shape index (κ2) is 9.05. The molecule has 1 atom stereocenters. The zero-order valence-corrected chi connectivity index (χ0v) is 19.7. The van der Waals surface area contributed by atoms with Gasteiger partial charge in [-0.1, -0.05) is 12.1 Å². The third-order valence-electron chi connectivity index (χ3n) is 5.52. The number of piperidine rings is 1. The number of hydrogen-bond donors (Lipinski definition) is 1. The zero-order chi connectivity index (χ0) is 23.8. The normalized spacial score (nSPS) is 16.7. The molecule has 0 spiro atoms. The van der Waals surface area contributed by atoms with Crippen molar-refractivity contribution in [1.82, 2.24) is 15.1 Å². The molecule has 174 valence electrons. The summed E-state index contributed by atoms with van der Waals surface area (Å²) in [7, 11) is 0. The Labute approximate surface area is 195 Å². The summed E-state index contributed by atoms with van der Waals surface area (Å²) in [4.78, 5) is 27.0. The highest BCUT2D eigenvalue weighted by Crippen LogP contribution is 2.37. The number of thiophene rings is 1. The lowest BCUT2D eigenvalue weighted by atomic mass is 9.92. The van der Waals surface area contributed by atoms with Crippen LogP contribution in [0, 0.1) is 11.7 Å². The van der Waals surface area contributed by atoms with E-state index in [-0.39, 0.29) is 23.5 Å². The molecule has 2 amide bonds. The van der Waals surface area contributed by atoms with E-state index < -0.39 is 11.5 Å². The number of fused-ring (bicyclic) bond motifs is 1. The Kier molecular flexibility index (Phi) is 6.34. The van der Waals surface area contributed by atoms with Crippen molar-refractivity contribution in [3.63, 3.8) is 0 Å². The summed E-state index contributed by atoms with van der Waals surface area (Å²) in [6.07, 6.45) is 2.11. The Morgan fingerprint density at radius 2 is 2.06 bits per heavy atom. The third-order valence-corrected chi connectivity index (χ3v) is 6.71. The molecule has 1 aliphatic heterocycles. The van der Waals surface area contributed by atoms with Crippen LogP contribution < -0.4 is 5.73 Å². The number of likely N-dealkylation sites (tertiary alicyclic amines) is 1. The van der Waals surface area contributed by atoms with Crippen LogP contribution in [0.2, 0.25) is 0 Å². The molecular weight excluding hydrogens is 443 g/mol. The van der Waals surface area contributed by atoms with E-state index in [4.69, 9.17) is 10.5 Å². The molecule has 2 aromatic heterocycles. The number of ether oxygens (including phenoxy) is 1. The van der Waals surface area contributed by atoms with Crippen LogP contribution in [0.5, 0.6) is 0 Å². The Balaban J connectivity index is 1.63. The van der Waals surface area contributed by atoms with Gasteiger partial charge < -0.3 is 15.4 Å². The summed E-state index contributed by atoms with van der Waals surface area (Å²) in [6, 6.07) is 8.22. The number of nitrogens with zero attached hydrogens (tertiary/aromatic N) is 3. The lowest BCUT2D eigenvalue weighted by Gasteiger charge is -2.34. The second-order valence-electron chi connectivity index (χ2n) is 9.36. The Morgan fingerprint density at radius 1 is 1.27 bits per heavy atom. The maximum Gasteiger partial charge on any atom is 0.410 e. The summed E-state index contributed by atoms with van der Waals surface area (Å²) in [5, 5.41) is 9.22. The number of rotatable bonds is 4. The molecule has 3 heterocycles. The van der Waals surface area contributed by atoms with Gasteiger partial charge in [-0.25, -0.2) is 9.18 Å². The molecule has 9 heteroatoms. The Bertz CT molecular complexity index is 1200. The van der Waals surface area contributed by atoms with Gasteiger partial charge in [0.25, 0.3) is 5.91 Å². The van der Waals surface area contributed by atoms with Crippen molar-refractivity contribution >= 4 is 33.4 Å². The predicted octanol–water partition coefficient (Wildman–Crippen LogP) is 4.79. The van der Waals surface area contributed by atoms with Crippen LogP contribution in [-0.4, -0.2) is 45.8 Å². The van der Waals surface area contributed by atoms with Gasteiger partial charge >= 0.3 is 6.09 Å². The van der Waals surface area contributed by atoms with Crippen LogP contribution in [0.25, 0.3) is 20.5 Å². The highest BCUT2D eigenvalue weighted by Gasteiger charge is 2.29. The number of aromatic nitrogens is 2. The van der Waals surface area contributed by atoms with E-state index in [1.165, 1.54) is 23.5 Å². The first-order valence-electron chi connectivity index (χ1n) is 10.9. The Morgan fingerprint density at radius 3 is 2.76 bits per heavy atom. The van der Waals surface area contributed by atoms with Crippen LogP contribution in [0.1, 0.15) is 49.8 Å². The van der Waals surface area contributed by atoms with E-state index >= 15 is 0 Å². The fourth-order valence-electron chi connectivity index (χ4n) is 4.08. The molecule has 1 aromatic carbocycles. The lowest BCUT2D eigenvalue weighted by Crippen LogP contribution is -2.43. The molecule has 1 fully saturated rings. The van der Waals surface area contributed by atoms with Crippen LogP contribution >= 0.6 is 11.3 Å². The van der Waals surface area contributed by atoms with Gasteiger partial charge in [-0.2, -0.15) is 5.10 Å². The summed E-state index contributed by atoms with van der Waals surface area (Å²) in [6.45, 7) is 6.79. The number of benzene rings is 1. The lowest BCUT2D eigenvalue weighted by molar-refractivity contribution is 0.0165. The highest BCUT2D eigenvalue weighted by atomic mass is 32.1. The first kappa shape index (κ1) is 23.1. The minimum atomic E-state index is -0.652. The number of halogens is 1. The molecule has 7 nitrogen and oxygen atoms in total. The van der Waals surface area contributed by atoms with E-state index in [0.29, 0.717) is 29.8 Å². The van der Waals surface area contributed by atoms with Gasteiger partial charge in [-0.05, 0) is 69.7 Å². The SMILES string of the molecule is CC(C)(C)OC(=O)N1CCCC(Cc2nnc(C(N)=O)c3sc(-c4cccc(F)c4)cc23)C1. The molecule has 1 aliphatic rings. The molecule has 0 bridgehead atoms. The topological polar surface area (TPSA) is 98.4 Å². The number of primary amides is 1. The average molecular weight is 471 g/mol. The first-order valence-corrected chi connectivity index (χ1v) is 11.7. The molecule has 2 N–H and O–H groups in total. The quantitative estimate of drug-likeness (QED) is 0.591. The van der Waals surface area contributed by atoms with E-state index in [1.54, 1.807) is 11.0 Å². The number of hydrogen-bond acceptors (Lipinski definition) is 6. The summed E-state index contributed by atoms with van der Waals surface area (Å²) < 4.78 is 19.9. The van der Waals surface area contributed by atoms with E-state index in [2.05, 4.69) is 10.2 Å². The second-order valence-corrected chi connectivity index (χ2v) is 10.4. The molecule has 33 heavy (non-hydrogen) atoms. The van der Waals surface area contributed by atoms with E-state index in [0.717, 1.165) is 28.8 Å². The maximum absolute atomic E-state index is 13.8. The van der Waals surface area contributed by atoms with E-state index in [9.17, 15) is 14.0 Å². The monoisotopic (exact) mass is 470 g/mol. The molecule has 1 unspecified atom stereocenters. The molecule has 3 aromatic rings. The molecule has 1 saturated heterocycles. The number of amides is 2. The van der Waals surface area contributed by atoms with Crippen LogP contribution in [0.4, 0.5) is 9.18 Å². The maximum atomic E-state index is 13.8. The number of nitrogens with two attached hydrogens (primary N) is 1. The smallest absolute Gasteiger partial charge is 0.410 e. The third kappa shape index (κ3) is 5.30. The van der Waals surface area contributed by atoms with Crippen LogP contribution in [0.3, 0.4) is 0 Å². The van der Waals surface area contributed by atoms with Crippen molar-refractivity contribution in [3.8, 4) is 10.4 Å². The summed E-state index contributed by atoms with van der Waals surface area (Å²) >= 11 is 1.35. The van der Waals surface area contributed by atoms with Crippen molar-refractivity contribution in [3.05, 3.63) is 47.5 Å². The molecular formula is C24H27FN4O3S. The largest absolute Gasteiger partial charge is 0.444 e. The Hall–Kier alpha value is -3.07. The highest BCUT2D eigenvalue weighted by molar-refractivity contribution is 7.22. The van der Waals surface area contributed by atoms with Gasteiger partial charge in [0.2, 0.25) is 0 Å². The van der Waals surface area contributed by atoms with Crippen LogP contribution in [0.15, 0.2) is 30.3 Å². The van der Waals surface area contributed by atoms with Gasteiger partial charge in [0.1, 0.15) is 11.4 Å². The molecule has 0 aliphatic carbocycles. The minimum absolute atomic E-state index is 0.112. The molecule has 0 radical (unpaired) electrons. The number of carbonyl (C=O) groups excluding carboxylic acids is 2.